The molecule has 0 aliphatic heterocycles. The van der Waals surface area contributed by atoms with Crippen LogP contribution in [0.25, 0.3) is 11.1 Å². The van der Waals surface area contributed by atoms with Gasteiger partial charge < -0.3 is 20.1 Å². The van der Waals surface area contributed by atoms with Crippen LogP contribution < -0.4 is 5.32 Å². The standard InChI is InChI=1S/C28H36N2O5/c1-3-30(18-20(2)27(32)33)26(31)16-6-4-5-11-17-29-28(34)35-19-25-23-14-9-7-12-21(23)22-13-8-10-15-24(22)25/h7-10,12-15,20,25H,3-6,11,16-19H2,1-2H3,(H,29,34)(H,32,33). The lowest BCUT2D eigenvalue weighted by atomic mass is 9.98. The van der Waals surface area contributed by atoms with Crippen LogP contribution in [0.5, 0.6) is 0 Å². The van der Waals surface area contributed by atoms with E-state index in [9.17, 15) is 14.4 Å². The van der Waals surface area contributed by atoms with Gasteiger partial charge in [0.05, 0.1) is 5.92 Å². The van der Waals surface area contributed by atoms with Crippen LogP contribution in [0.15, 0.2) is 48.5 Å². The van der Waals surface area contributed by atoms with Gasteiger partial charge in [-0.1, -0.05) is 68.3 Å². The Labute approximate surface area is 207 Å². The third-order valence-electron chi connectivity index (χ3n) is 6.58. The van der Waals surface area contributed by atoms with Gasteiger partial charge in [0, 0.05) is 32.0 Å². The lowest BCUT2D eigenvalue weighted by molar-refractivity contribution is -0.143. The van der Waals surface area contributed by atoms with Crippen LogP contribution in [0.3, 0.4) is 0 Å². The first-order valence-corrected chi connectivity index (χ1v) is 12.5. The molecule has 188 valence electrons. The SMILES string of the molecule is CCN(CC(C)C(=O)O)C(=O)CCCCCCNC(=O)OCC1c2ccccc2-c2ccccc21. The Morgan fingerprint density at radius 3 is 2.17 bits per heavy atom. The number of alkyl carbamates (subject to hydrolysis) is 1. The Bertz CT molecular complexity index is 976. The summed E-state index contributed by atoms with van der Waals surface area (Å²) in [7, 11) is 0. The molecule has 2 aromatic carbocycles. The van der Waals surface area contributed by atoms with Crippen LogP contribution in [0.2, 0.25) is 0 Å². The Balaban J connectivity index is 1.31. The van der Waals surface area contributed by atoms with Crippen LogP contribution >= 0.6 is 0 Å². The van der Waals surface area contributed by atoms with Gasteiger partial charge in [0.2, 0.25) is 5.91 Å². The summed E-state index contributed by atoms with van der Waals surface area (Å²) in [5, 5.41) is 11.9. The van der Waals surface area contributed by atoms with E-state index in [1.807, 2.05) is 31.2 Å². The first-order valence-electron chi connectivity index (χ1n) is 12.5. The molecule has 1 aliphatic rings. The number of benzene rings is 2. The molecule has 1 aliphatic carbocycles. The van der Waals surface area contributed by atoms with E-state index in [1.54, 1.807) is 11.8 Å². The van der Waals surface area contributed by atoms with E-state index in [0.717, 1.165) is 25.7 Å². The van der Waals surface area contributed by atoms with E-state index in [-0.39, 0.29) is 18.4 Å². The van der Waals surface area contributed by atoms with Gasteiger partial charge in [0.15, 0.2) is 0 Å². The molecule has 0 radical (unpaired) electrons. The molecule has 0 heterocycles. The van der Waals surface area contributed by atoms with Gasteiger partial charge in [0.1, 0.15) is 6.61 Å². The van der Waals surface area contributed by atoms with Crippen molar-refractivity contribution in [1.82, 2.24) is 10.2 Å². The molecule has 2 amide bonds. The van der Waals surface area contributed by atoms with E-state index in [1.165, 1.54) is 22.3 Å². The number of nitrogens with zero attached hydrogens (tertiary/aromatic N) is 1. The zero-order valence-electron chi connectivity index (χ0n) is 20.7. The maximum Gasteiger partial charge on any atom is 0.407 e. The fourth-order valence-electron chi connectivity index (χ4n) is 4.57. The number of carbonyl (C=O) groups excluding carboxylic acids is 2. The largest absolute Gasteiger partial charge is 0.481 e. The lowest BCUT2D eigenvalue weighted by Crippen LogP contribution is -2.36. The molecule has 3 rings (SSSR count). The second kappa shape index (κ2) is 12.9. The Morgan fingerprint density at radius 1 is 0.971 bits per heavy atom. The number of fused-ring (bicyclic) bond motifs is 3. The second-order valence-electron chi connectivity index (χ2n) is 9.09. The van der Waals surface area contributed by atoms with E-state index in [2.05, 4.69) is 29.6 Å². The molecule has 0 saturated heterocycles. The van der Waals surface area contributed by atoms with Crippen molar-refractivity contribution in [3.8, 4) is 11.1 Å². The summed E-state index contributed by atoms with van der Waals surface area (Å²) in [6.07, 6.45) is 3.35. The number of carboxylic acid groups (broad SMARTS) is 1. The first-order chi connectivity index (χ1) is 16.9. The number of carboxylic acids is 1. The zero-order chi connectivity index (χ0) is 25.2. The molecule has 2 N–H and O–H groups in total. The van der Waals surface area contributed by atoms with Gasteiger partial charge >= 0.3 is 12.1 Å². The molecule has 1 atom stereocenters. The number of hydrogen-bond acceptors (Lipinski definition) is 4. The summed E-state index contributed by atoms with van der Waals surface area (Å²) < 4.78 is 5.54. The number of ether oxygens (including phenoxy) is 1. The van der Waals surface area contributed by atoms with Crippen LogP contribution in [0, 0.1) is 5.92 Å². The monoisotopic (exact) mass is 480 g/mol. The molecular formula is C28H36N2O5. The summed E-state index contributed by atoms with van der Waals surface area (Å²) >= 11 is 0. The van der Waals surface area contributed by atoms with Gasteiger partial charge in [-0.3, -0.25) is 9.59 Å². The van der Waals surface area contributed by atoms with Crippen LogP contribution in [-0.4, -0.2) is 54.2 Å². The minimum atomic E-state index is -0.889. The van der Waals surface area contributed by atoms with Gasteiger partial charge in [-0.2, -0.15) is 0 Å². The van der Waals surface area contributed by atoms with Gasteiger partial charge in [0.25, 0.3) is 0 Å². The van der Waals surface area contributed by atoms with Gasteiger partial charge in [-0.05, 0) is 42.0 Å². The molecule has 7 heteroatoms. The number of aliphatic carboxylic acids is 1. The minimum Gasteiger partial charge on any atom is -0.481 e. The normalized spacial score (nSPS) is 13.0. The van der Waals surface area contributed by atoms with Crippen molar-refractivity contribution < 1.29 is 24.2 Å². The van der Waals surface area contributed by atoms with Crippen molar-refractivity contribution in [2.45, 2.75) is 51.9 Å². The summed E-state index contributed by atoms with van der Waals surface area (Å²) in [6, 6.07) is 16.5. The van der Waals surface area contributed by atoms with Crippen LogP contribution in [-0.2, 0) is 14.3 Å². The zero-order valence-corrected chi connectivity index (χ0v) is 20.7. The topological polar surface area (TPSA) is 95.9 Å². The van der Waals surface area contributed by atoms with Crippen LogP contribution in [0.4, 0.5) is 4.79 Å². The molecule has 2 aromatic rings. The number of hydrogen-bond donors (Lipinski definition) is 2. The molecule has 0 bridgehead atoms. The maximum atomic E-state index is 12.3. The first kappa shape index (κ1) is 26.3. The summed E-state index contributed by atoms with van der Waals surface area (Å²) in [4.78, 5) is 37.1. The van der Waals surface area contributed by atoms with Crippen molar-refractivity contribution in [3.05, 3.63) is 59.7 Å². The predicted molar refractivity (Wildman–Crippen MR) is 135 cm³/mol. The lowest BCUT2D eigenvalue weighted by Gasteiger charge is -2.22. The van der Waals surface area contributed by atoms with Crippen molar-refractivity contribution in [3.63, 3.8) is 0 Å². The summed E-state index contributed by atoms with van der Waals surface area (Å²) in [5.41, 5.74) is 4.79. The van der Waals surface area contributed by atoms with E-state index in [0.29, 0.717) is 26.1 Å². The molecule has 0 spiro atoms. The molecule has 0 saturated carbocycles. The van der Waals surface area contributed by atoms with Crippen LogP contribution in [0.1, 0.15) is 63.0 Å². The molecule has 35 heavy (non-hydrogen) atoms. The van der Waals surface area contributed by atoms with Gasteiger partial charge in [-0.25, -0.2) is 4.79 Å². The van der Waals surface area contributed by atoms with E-state index >= 15 is 0 Å². The average molecular weight is 481 g/mol. The molecule has 7 nitrogen and oxygen atoms in total. The van der Waals surface area contributed by atoms with Crippen molar-refractivity contribution in [2.24, 2.45) is 5.92 Å². The van der Waals surface area contributed by atoms with Crippen molar-refractivity contribution >= 4 is 18.0 Å². The van der Waals surface area contributed by atoms with Crippen molar-refractivity contribution in [2.75, 3.05) is 26.2 Å². The average Bonchev–Trinajstić information content (AvgIpc) is 3.18. The number of amides is 2. The third kappa shape index (κ3) is 7.07. The number of nitrogens with one attached hydrogen (secondary N) is 1. The van der Waals surface area contributed by atoms with Gasteiger partial charge in [-0.15, -0.1) is 0 Å². The minimum absolute atomic E-state index is 0.00244. The number of carbonyl (C=O) groups is 3. The quantitative estimate of drug-likeness (QED) is 0.391. The fourth-order valence-corrected chi connectivity index (χ4v) is 4.57. The second-order valence-corrected chi connectivity index (χ2v) is 9.09. The summed E-state index contributed by atoms with van der Waals surface area (Å²) in [6.45, 7) is 5.07. The fraction of sp³-hybridized carbons (Fsp3) is 0.464. The Morgan fingerprint density at radius 2 is 1.57 bits per heavy atom. The molecule has 1 unspecified atom stereocenters. The highest BCUT2D eigenvalue weighted by Gasteiger charge is 2.29. The Kier molecular flexibility index (Phi) is 9.70. The highest BCUT2D eigenvalue weighted by atomic mass is 16.5. The molecule has 0 aromatic heterocycles. The van der Waals surface area contributed by atoms with E-state index < -0.39 is 18.0 Å². The van der Waals surface area contributed by atoms with E-state index in [4.69, 9.17) is 9.84 Å². The highest BCUT2D eigenvalue weighted by Crippen LogP contribution is 2.44. The highest BCUT2D eigenvalue weighted by molar-refractivity contribution is 5.79. The predicted octanol–water partition coefficient (Wildman–Crippen LogP) is 5.04. The Hall–Kier alpha value is -3.35. The smallest absolute Gasteiger partial charge is 0.407 e. The van der Waals surface area contributed by atoms with Crippen molar-refractivity contribution in [1.29, 1.82) is 0 Å². The maximum absolute atomic E-state index is 12.3. The molecular weight excluding hydrogens is 444 g/mol. The third-order valence-corrected chi connectivity index (χ3v) is 6.58. The summed E-state index contributed by atoms with van der Waals surface area (Å²) in [5.74, 6) is -1.41. The number of rotatable bonds is 13. The number of unbranched alkanes of at least 4 members (excludes halogenated alkanes) is 3. The molecule has 0 fully saturated rings.